The van der Waals surface area contributed by atoms with Crippen molar-refractivity contribution >= 4 is 0 Å². The van der Waals surface area contributed by atoms with Gasteiger partial charge in [0.05, 0.1) is 6.04 Å². The van der Waals surface area contributed by atoms with Gasteiger partial charge in [0.25, 0.3) is 0 Å². The van der Waals surface area contributed by atoms with E-state index in [9.17, 15) is 9.50 Å². The normalized spacial score (nSPS) is 18.6. The van der Waals surface area contributed by atoms with Gasteiger partial charge >= 0.3 is 0 Å². The molecule has 1 aliphatic rings. The number of halogens is 1. The highest BCUT2D eigenvalue weighted by molar-refractivity contribution is 5.41. The molecule has 0 bridgehead atoms. The fraction of sp³-hybridized carbons (Fsp3) is 0.429. The smallest absolute Gasteiger partial charge is 0.168 e. The zero-order chi connectivity index (χ0) is 13.1. The topological polar surface area (TPSA) is 35.5 Å². The molecule has 2 rings (SSSR count). The number of hydrogen-bond acceptors (Lipinski definition) is 3. The number of benzene rings is 1. The van der Waals surface area contributed by atoms with Crippen LogP contribution in [-0.2, 0) is 0 Å². The second-order valence-corrected chi connectivity index (χ2v) is 4.60. The van der Waals surface area contributed by atoms with Crippen LogP contribution in [0, 0.1) is 12.7 Å². The molecule has 0 spiro atoms. The van der Waals surface area contributed by atoms with Crippen molar-refractivity contribution in [2.24, 2.45) is 0 Å². The zero-order valence-electron chi connectivity index (χ0n) is 10.6. The highest BCUT2D eigenvalue weighted by Gasteiger charge is 2.23. The molecular formula is C14H19FN2O. The van der Waals surface area contributed by atoms with Crippen molar-refractivity contribution in [1.29, 1.82) is 0 Å². The van der Waals surface area contributed by atoms with Crippen molar-refractivity contribution in [3.8, 4) is 5.75 Å². The van der Waals surface area contributed by atoms with Gasteiger partial charge in [-0.1, -0.05) is 18.2 Å². The van der Waals surface area contributed by atoms with Crippen LogP contribution in [0.2, 0.25) is 0 Å². The molecule has 1 aromatic rings. The van der Waals surface area contributed by atoms with E-state index >= 15 is 0 Å². The quantitative estimate of drug-likeness (QED) is 0.805. The Labute approximate surface area is 107 Å². The monoisotopic (exact) mass is 250 g/mol. The van der Waals surface area contributed by atoms with Gasteiger partial charge in [-0.2, -0.15) is 0 Å². The van der Waals surface area contributed by atoms with E-state index in [0.717, 1.165) is 26.2 Å². The van der Waals surface area contributed by atoms with E-state index in [2.05, 4.69) is 16.8 Å². The lowest BCUT2D eigenvalue weighted by Crippen LogP contribution is -2.44. The van der Waals surface area contributed by atoms with E-state index in [1.165, 1.54) is 0 Å². The minimum absolute atomic E-state index is 0.137. The summed E-state index contributed by atoms with van der Waals surface area (Å²) < 4.78 is 13.7. The van der Waals surface area contributed by atoms with Crippen molar-refractivity contribution in [2.75, 3.05) is 26.2 Å². The second-order valence-electron chi connectivity index (χ2n) is 4.60. The van der Waals surface area contributed by atoms with Gasteiger partial charge in [-0.15, -0.1) is 6.58 Å². The average molecular weight is 250 g/mol. The van der Waals surface area contributed by atoms with E-state index in [1.54, 1.807) is 25.1 Å². The molecule has 1 heterocycles. The van der Waals surface area contributed by atoms with Crippen LogP contribution in [0.4, 0.5) is 4.39 Å². The molecule has 1 aromatic carbocycles. The largest absolute Gasteiger partial charge is 0.505 e. The van der Waals surface area contributed by atoms with Crippen LogP contribution in [0.1, 0.15) is 17.2 Å². The number of hydrogen-bond donors (Lipinski definition) is 2. The van der Waals surface area contributed by atoms with Gasteiger partial charge in [0.15, 0.2) is 11.6 Å². The summed E-state index contributed by atoms with van der Waals surface area (Å²) in [5.74, 6) is -0.784. The lowest BCUT2D eigenvalue weighted by Gasteiger charge is -2.33. The maximum Gasteiger partial charge on any atom is 0.168 e. The van der Waals surface area contributed by atoms with Gasteiger partial charge in [-0.05, 0) is 12.5 Å². The third kappa shape index (κ3) is 2.40. The van der Waals surface area contributed by atoms with Gasteiger partial charge < -0.3 is 10.4 Å². The molecule has 98 valence electrons. The third-order valence-electron chi connectivity index (χ3n) is 3.43. The first kappa shape index (κ1) is 13.1. The minimum atomic E-state index is -0.533. The van der Waals surface area contributed by atoms with E-state index in [1.807, 2.05) is 0 Å². The molecule has 2 N–H and O–H groups in total. The van der Waals surface area contributed by atoms with Gasteiger partial charge in [0, 0.05) is 31.7 Å². The summed E-state index contributed by atoms with van der Waals surface area (Å²) in [6.45, 7) is 8.99. The summed E-state index contributed by atoms with van der Waals surface area (Å²) in [5.41, 5.74) is 1.05. The Morgan fingerprint density at radius 2 is 2.11 bits per heavy atom. The summed E-state index contributed by atoms with van der Waals surface area (Å²) in [6, 6.07) is 3.34. The summed E-state index contributed by atoms with van der Waals surface area (Å²) >= 11 is 0. The van der Waals surface area contributed by atoms with Crippen molar-refractivity contribution < 1.29 is 9.50 Å². The van der Waals surface area contributed by atoms with E-state index in [0.29, 0.717) is 11.1 Å². The van der Waals surface area contributed by atoms with Gasteiger partial charge in [0.1, 0.15) is 0 Å². The number of aryl methyl sites for hydroxylation is 1. The molecule has 4 heteroatoms. The highest BCUT2D eigenvalue weighted by Crippen LogP contribution is 2.33. The van der Waals surface area contributed by atoms with Crippen LogP contribution in [0.5, 0.6) is 5.75 Å². The van der Waals surface area contributed by atoms with Crippen LogP contribution in [0.15, 0.2) is 24.8 Å². The molecule has 1 fully saturated rings. The molecule has 0 radical (unpaired) electrons. The van der Waals surface area contributed by atoms with E-state index in [4.69, 9.17) is 0 Å². The fourth-order valence-electron chi connectivity index (χ4n) is 2.35. The number of phenolic OH excluding ortho intramolecular Hbond substituents is 1. The summed E-state index contributed by atoms with van der Waals surface area (Å²) in [7, 11) is 0. The van der Waals surface area contributed by atoms with E-state index in [-0.39, 0.29) is 11.8 Å². The highest BCUT2D eigenvalue weighted by atomic mass is 19.1. The first-order valence-corrected chi connectivity index (χ1v) is 6.20. The summed E-state index contributed by atoms with van der Waals surface area (Å²) in [5, 5.41) is 13.2. The number of aromatic hydroxyl groups is 1. The van der Waals surface area contributed by atoms with Crippen LogP contribution in [0.25, 0.3) is 0 Å². The summed E-state index contributed by atoms with van der Waals surface area (Å²) in [4.78, 5) is 2.19. The summed E-state index contributed by atoms with van der Waals surface area (Å²) in [6.07, 6.45) is 1.76. The molecule has 1 aliphatic heterocycles. The predicted octanol–water partition coefficient (Wildman–Crippen LogP) is 1.97. The lowest BCUT2D eigenvalue weighted by atomic mass is 10.0. The van der Waals surface area contributed by atoms with Gasteiger partial charge in [-0.3, -0.25) is 4.90 Å². The van der Waals surface area contributed by atoms with Crippen molar-refractivity contribution in [3.05, 3.63) is 41.7 Å². The number of rotatable bonds is 3. The van der Waals surface area contributed by atoms with Crippen LogP contribution < -0.4 is 5.32 Å². The first-order valence-electron chi connectivity index (χ1n) is 6.20. The Balaban J connectivity index is 2.32. The fourth-order valence-corrected chi connectivity index (χ4v) is 2.35. The first-order chi connectivity index (χ1) is 8.65. The van der Waals surface area contributed by atoms with Crippen LogP contribution >= 0.6 is 0 Å². The predicted molar refractivity (Wildman–Crippen MR) is 70.2 cm³/mol. The molecule has 0 aliphatic carbocycles. The molecule has 1 atom stereocenters. The maximum atomic E-state index is 13.7. The molecule has 0 saturated carbocycles. The average Bonchev–Trinajstić information content (AvgIpc) is 2.41. The number of phenols is 1. The van der Waals surface area contributed by atoms with E-state index < -0.39 is 5.82 Å². The lowest BCUT2D eigenvalue weighted by molar-refractivity contribution is 0.200. The molecule has 0 aromatic heterocycles. The van der Waals surface area contributed by atoms with Gasteiger partial charge in [0.2, 0.25) is 0 Å². The maximum absolute atomic E-state index is 13.7. The standard InChI is InChI=1S/C14H19FN2O/c1-3-12(17-8-6-16-7-9-17)11-5-4-10(2)13(15)14(11)18/h3-5,12,16,18H,1,6-9H2,2H3/t12-/m0/s1. The zero-order valence-corrected chi connectivity index (χ0v) is 10.6. The molecule has 3 nitrogen and oxygen atoms in total. The molecule has 0 amide bonds. The number of nitrogens with zero attached hydrogens (tertiary/aromatic N) is 1. The molecule has 1 saturated heterocycles. The Morgan fingerprint density at radius 3 is 2.72 bits per heavy atom. The second kappa shape index (κ2) is 5.50. The minimum Gasteiger partial charge on any atom is -0.505 e. The Morgan fingerprint density at radius 1 is 1.44 bits per heavy atom. The van der Waals surface area contributed by atoms with Crippen molar-refractivity contribution in [3.63, 3.8) is 0 Å². The van der Waals surface area contributed by atoms with Crippen LogP contribution in [0.3, 0.4) is 0 Å². The Bertz CT molecular complexity index is 442. The number of nitrogens with one attached hydrogen (secondary N) is 1. The Hall–Kier alpha value is -1.39. The van der Waals surface area contributed by atoms with Crippen molar-refractivity contribution in [1.82, 2.24) is 10.2 Å². The third-order valence-corrected chi connectivity index (χ3v) is 3.43. The molecule has 0 unspecified atom stereocenters. The van der Waals surface area contributed by atoms with Crippen LogP contribution in [-0.4, -0.2) is 36.2 Å². The molecular weight excluding hydrogens is 231 g/mol. The van der Waals surface area contributed by atoms with Crippen molar-refractivity contribution in [2.45, 2.75) is 13.0 Å². The number of piperazine rings is 1. The molecule has 18 heavy (non-hydrogen) atoms. The SMILES string of the molecule is C=C[C@@H](c1ccc(C)c(F)c1O)N1CCNCC1. The Kier molecular flexibility index (Phi) is 3.99. The van der Waals surface area contributed by atoms with Gasteiger partial charge in [-0.25, -0.2) is 4.39 Å².